The summed E-state index contributed by atoms with van der Waals surface area (Å²) in [6, 6.07) is 28.9. The zero-order valence-corrected chi connectivity index (χ0v) is 18.9. The lowest BCUT2D eigenvalue weighted by molar-refractivity contribution is 1.68. The van der Waals surface area contributed by atoms with Gasteiger partial charge in [-0.05, 0) is 33.7 Å². The SMILES string of the molecule is ClP1(c2ccccc2)=NP(Cl)(c2ccccc2)=NP(Cl)(c2ccccc2)=N1. The molecule has 0 fully saturated rings. The van der Waals surface area contributed by atoms with Crippen LogP contribution in [0.25, 0.3) is 0 Å². The van der Waals surface area contributed by atoms with Crippen LogP contribution in [0.5, 0.6) is 0 Å². The zero-order valence-electron chi connectivity index (χ0n) is 14.0. The number of rotatable bonds is 3. The molecule has 0 aliphatic carbocycles. The van der Waals surface area contributed by atoms with Gasteiger partial charge in [0.25, 0.3) is 0 Å². The van der Waals surface area contributed by atoms with Crippen LogP contribution in [0.3, 0.4) is 0 Å². The van der Waals surface area contributed by atoms with Crippen molar-refractivity contribution in [2.75, 3.05) is 0 Å². The molecule has 0 spiro atoms. The molecule has 0 unspecified atom stereocenters. The molecule has 1 aliphatic rings. The van der Waals surface area contributed by atoms with E-state index in [2.05, 4.69) is 0 Å². The second kappa shape index (κ2) is 7.57. The highest BCUT2D eigenvalue weighted by atomic mass is 35.7. The van der Waals surface area contributed by atoms with E-state index >= 15 is 0 Å². The molecule has 3 aromatic carbocycles. The monoisotopic (exact) mass is 471 g/mol. The van der Waals surface area contributed by atoms with Crippen LogP contribution in [-0.2, 0) is 0 Å². The Morgan fingerprint density at radius 2 is 0.630 bits per heavy atom. The van der Waals surface area contributed by atoms with Crippen molar-refractivity contribution in [1.82, 2.24) is 0 Å². The lowest BCUT2D eigenvalue weighted by Gasteiger charge is -2.28. The minimum absolute atomic E-state index is 0.837. The van der Waals surface area contributed by atoms with Gasteiger partial charge in [0.1, 0.15) is 0 Å². The summed E-state index contributed by atoms with van der Waals surface area (Å²) in [5.41, 5.74) is 0. The van der Waals surface area contributed by atoms with E-state index in [0.717, 1.165) is 15.9 Å². The van der Waals surface area contributed by atoms with Crippen LogP contribution in [0, 0.1) is 0 Å². The number of hydrogen-bond donors (Lipinski definition) is 0. The van der Waals surface area contributed by atoms with Crippen LogP contribution in [0.1, 0.15) is 0 Å². The molecule has 0 saturated heterocycles. The summed E-state index contributed by atoms with van der Waals surface area (Å²) in [4.78, 5) is 0. The molecule has 9 heteroatoms. The second-order valence-corrected chi connectivity index (χ2v) is 16.9. The molecule has 27 heavy (non-hydrogen) atoms. The normalized spacial score (nSPS) is 29.9. The number of halogens is 3. The predicted octanol–water partition coefficient (Wildman–Crippen LogP) is 7.79. The van der Waals surface area contributed by atoms with Gasteiger partial charge in [0.05, 0.1) is 0 Å². The topological polar surface area (TPSA) is 37.1 Å². The summed E-state index contributed by atoms with van der Waals surface area (Å²) in [6.45, 7) is -8.48. The maximum atomic E-state index is 7.07. The summed E-state index contributed by atoms with van der Waals surface area (Å²) in [5.74, 6) is 0. The standard InChI is InChI=1S/C18H15Cl3N3P3/c19-25(16-10-4-1-5-11-16)22-26(20,17-12-6-2-7-13-17)24-27(21,23-25)18-14-8-3-9-15-18/h1-15H. The van der Waals surface area contributed by atoms with Gasteiger partial charge in [0, 0.05) is 15.9 Å². The molecule has 0 amide bonds. The first-order chi connectivity index (χ1) is 12.9. The molecule has 3 nitrogen and oxygen atoms in total. The minimum atomic E-state index is -2.83. The quantitative estimate of drug-likeness (QED) is 0.349. The average Bonchev–Trinajstić information content (AvgIpc) is 2.69. The van der Waals surface area contributed by atoms with Gasteiger partial charge in [-0.2, -0.15) is 0 Å². The van der Waals surface area contributed by atoms with Crippen molar-refractivity contribution in [2.45, 2.75) is 0 Å². The summed E-state index contributed by atoms with van der Waals surface area (Å²) in [7, 11) is 0. The molecule has 1 heterocycles. The maximum Gasteiger partial charge on any atom is 0.196 e. The van der Waals surface area contributed by atoms with Crippen LogP contribution in [0.4, 0.5) is 0 Å². The highest BCUT2D eigenvalue weighted by Gasteiger charge is 2.36. The Kier molecular flexibility index (Phi) is 5.47. The molecule has 3 aromatic rings. The van der Waals surface area contributed by atoms with E-state index in [-0.39, 0.29) is 0 Å². The van der Waals surface area contributed by atoms with Gasteiger partial charge >= 0.3 is 0 Å². The molecular formula is C18H15Cl3N3P3. The van der Waals surface area contributed by atoms with Crippen molar-refractivity contribution >= 4 is 69.3 Å². The van der Waals surface area contributed by atoms with E-state index < -0.39 is 19.7 Å². The molecule has 0 N–H and O–H groups in total. The van der Waals surface area contributed by atoms with E-state index in [0.29, 0.717) is 0 Å². The molecule has 0 bridgehead atoms. The lowest BCUT2D eigenvalue weighted by atomic mass is 10.4. The largest absolute Gasteiger partial charge is 0.203 e. The van der Waals surface area contributed by atoms with Crippen LogP contribution < -0.4 is 15.9 Å². The van der Waals surface area contributed by atoms with Crippen LogP contribution in [-0.4, -0.2) is 0 Å². The number of nitrogens with zero attached hydrogens (tertiary/aromatic N) is 3. The fourth-order valence-corrected chi connectivity index (χ4v) is 19.2. The Morgan fingerprint density at radius 3 is 0.852 bits per heavy atom. The van der Waals surface area contributed by atoms with Gasteiger partial charge in [-0.3, -0.25) is 0 Å². The third-order valence-corrected chi connectivity index (χ3v) is 17.9. The summed E-state index contributed by atoms with van der Waals surface area (Å²) in [5, 5.41) is 2.51. The van der Waals surface area contributed by atoms with E-state index in [1.165, 1.54) is 0 Å². The minimum Gasteiger partial charge on any atom is -0.203 e. The van der Waals surface area contributed by atoms with Crippen molar-refractivity contribution in [2.24, 2.45) is 13.5 Å². The fourth-order valence-electron chi connectivity index (χ4n) is 2.69. The van der Waals surface area contributed by atoms with Crippen molar-refractivity contribution in [1.29, 1.82) is 0 Å². The molecule has 1 aliphatic heterocycles. The highest BCUT2D eigenvalue weighted by Crippen LogP contribution is 2.82. The van der Waals surface area contributed by atoms with Gasteiger partial charge in [-0.1, -0.05) is 91.0 Å². The van der Waals surface area contributed by atoms with Gasteiger partial charge in [-0.25, -0.2) is 13.5 Å². The van der Waals surface area contributed by atoms with Gasteiger partial charge < -0.3 is 0 Å². The Morgan fingerprint density at radius 1 is 0.407 bits per heavy atom. The zero-order chi connectivity index (χ0) is 19.0. The van der Waals surface area contributed by atoms with Gasteiger partial charge in [-0.15, -0.1) is 0 Å². The molecule has 0 radical (unpaired) electrons. The van der Waals surface area contributed by atoms with Crippen molar-refractivity contribution in [3.63, 3.8) is 0 Å². The first-order valence-corrected chi connectivity index (χ1v) is 15.9. The summed E-state index contributed by atoms with van der Waals surface area (Å²) in [6.07, 6.45) is 0. The van der Waals surface area contributed by atoms with Crippen LogP contribution in [0.15, 0.2) is 105 Å². The van der Waals surface area contributed by atoms with Crippen molar-refractivity contribution < 1.29 is 0 Å². The Labute approximate surface area is 173 Å². The Bertz CT molecular complexity index is 971. The maximum absolute atomic E-state index is 7.07. The predicted molar refractivity (Wildman–Crippen MR) is 124 cm³/mol. The van der Waals surface area contributed by atoms with E-state index in [9.17, 15) is 0 Å². The van der Waals surface area contributed by atoms with Crippen LogP contribution >= 0.6 is 53.4 Å². The molecule has 138 valence electrons. The fraction of sp³-hybridized carbons (Fsp3) is 0. The smallest absolute Gasteiger partial charge is 0.196 e. The van der Waals surface area contributed by atoms with E-state index in [1.807, 2.05) is 91.0 Å². The van der Waals surface area contributed by atoms with E-state index in [1.54, 1.807) is 0 Å². The van der Waals surface area contributed by atoms with Crippen molar-refractivity contribution in [3.05, 3.63) is 91.0 Å². The van der Waals surface area contributed by atoms with Crippen LogP contribution in [0.2, 0.25) is 0 Å². The molecule has 4 rings (SSSR count). The van der Waals surface area contributed by atoms with Gasteiger partial charge in [0.2, 0.25) is 0 Å². The third kappa shape index (κ3) is 3.88. The third-order valence-electron chi connectivity index (χ3n) is 3.97. The average molecular weight is 473 g/mol. The lowest BCUT2D eigenvalue weighted by Crippen LogP contribution is -2.06. The molecule has 0 atom stereocenters. The molecular weight excluding hydrogens is 458 g/mol. The number of benzene rings is 3. The van der Waals surface area contributed by atoms with Gasteiger partial charge in [0.15, 0.2) is 19.7 Å². The first-order valence-electron chi connectivity index (χ1n) is 8.11. The second-order valence-electron chi connectivity index (χ2n) is 5.85. The van der Waals surface area contributed by atoms with Crippen molar-refractivity contribution in [3.8, 4) is 0 Å². The molecule has 0 saturated carbocycles. The summed E-state index contributed by atoms with van der Waals surface area (Å²) < 4.78 is 14.6. The summed E-state index contributed by atoms with van der Waals surface area (Å²) >= 11 is 21.2. The number of hydrogen-bond acceptors (Lipinski definition) is 3. The molecule has 0 aromatic heterocycles. The Hall–Kier alpha value is -0.780. The van der Waals surface area contributed by atoms with E-state index in [4.69, 9.17) is 47.3 Å². The Balaban J connectivity index is 2.07. The first kappa shape index (κ1) is 19.5. The highest BCUT2D eigenvalue weighted by molar-refractivity contribution is 8.14.